The number of benzene rings is 2. The van der Waals surface area contributed by atoms with Gasteiger partial charge in [0.2, 0.25) is 0 Å². The molecule has 0 aliphatic rings. The van der Waals surface area contributed by atoms with Gasteiger partial charge in [-0.2, -0.15) is 0 Å². The Morgan fingerprint density at radius 2 is 1.82 bits per heavy atom. The van der Waals surface area contributed by atoms with Crippen LogP contribution in [0.25, 0.3) is 0 Å². The zero-order valence-corrected chi connectivity index (χ0v) is 14.6. The van der Waals surface area contributed by atoms with Crippen molar-refractivity contribution in [2.24, 2.45) is 4.99 Å². The third-order valence-electron chi connectivity index (χ3n) is 3.61. The van der Waals surface area contributed by atoms with Gasteiger partial charge >= 0.3 is 0 Å². The molecule has 0 heterocycles. The maximum absolute atomic E-state index is 6.37. The van der Waals surface area contributed by atoms with E-state index in [0.717, 1.165) is 23.7 Å². The molecule has 0 radical (unpaired) electrons. The van der Waals surface area contributed by atoms with Crippen LogP contribution in [0.5, 0.6) is 0 Å². The Balaban J connectivity index is 2.22. The number of rotatable bonds is 5. The summed E-state index contributed by atoms with van der Waals surface area (Å²) in [7, 11) is 1.99. The summed E-state index contributed by atoms with van der Waals surface area (Å²) in [6.07, 6.45) is 2.64. The molecule has 4 heteroatoms. The Morgan fingerprint density at radius 1 is 1.14 bits per heavy atom. The molecule has 2 rings (SSSR count). The van der Waals surface area contributed by atoms with Crippen molar-refractivity contribution in [3.05, 3.63) is 63.1 Å². The lowest BCUT2D eigenvalue weighted by Crippen LogP contribution is -2.14. The second kappa shape index (κ2) is 7.66. The number of aliphatic imine (C=N–C) groups is 1. The molecule has 116 valence electrons. The molecule has 0 aliphatic heterocycles. The first-order valence-electron chi connectivity index (χ1n) is 7.27. The SMILES string of the molecule is CCN(C)C=Nc1cc(C)c(Cc2ccc(Cl)cc2)cc1Cl. The van der Waals surface area contributed by atoms with Crippen LogP contribution in [0.1, 0.15) is 23.6 Å². The van der Waals surface area contributed by atoms with Crippen LogP contribution in [0.4, 0.5) is 5.69 Å². The minimum Gasteiger partial charge on any atom is -0.366 e. The third-order valence-corrected chi connectivity index (χ3v) is 4.16. The quantitative estimate of drug-likeness (QED) is 0.520. The molecular weight excluding hydrogens is 315 g/mol. The van der Waals surface area contributed by atoms with Gasteiger partial charge in [0.15, 0.2) is 0 Å². The highest BCUT2D eigenvalue weighted by molar-refractivity contribution is 6.33. The van der Waals surface area contributed by atoms with E-state index in [4.69, 9.17) is 23.2 Å². The molecule has 0 bridgehead atoms. The van der Waals surface area contributed by atoms with Gasteiger partial charge in [0, 0.05) is 18.6 Å². The van der Waals surface area contributed by atoms with E-state index in [1.54, 1.807) is 6.34 Å². The molecule has 0 aromatic heterocycles. The monoisotopic (exact) mass is 334 g/mol. The lowest BCUT2D eigenvalue weighted by atomic mass is 10.00. The van der Waals surface area contributed by atoms with Gasteiger partial charge in [0.1, 0.15) is 0 Å². The van der Waals surface area contributed by atoms with Crippen molar-refractivity contribution < 1.29 is 0 Å². The van der Waals surface area contributed by atoms with E-state index in [1.165, 1.54) is 16.7 Å². The van der Waals surface area contributed by atoms with Gasteiger partial charge in [-0.3, -0.25) is 0 Å². The van der Waals surface area contributed by atoms with E-state index in [-0.39, 0.29) is 0 Å². The molecule has 0 saturated heterocycles. The Kier molecular flexibility index (Phi) is 5.87. The molecule has 2 nitrogen and oxygen atoms in total. The summed E-state index contributed by atoms with van der Waals surface area (Å²) in [5.41, 5.74) is 4.41. The predicted octanol–water partition coefficient (Wildman–Crippen LogP) is 5.50. The van der Waals surface area contributed by atoms with Crippen LogP contribution in [-0.4, -0.2) is 24.8 Å². The molecule has 0 aliphatic carbocycles. The van der Waals surface area contributed by atoms with Crippen LogP contribution < -0.4 is 0 Å². The van der Waals surface area contributed by atoms with Gasteiger partial charge in [-0.05, 0) is 61.2 Å². The number of halogens is 2. The van der Waals surface area contributed by atoms with E-state index in [2.05, 4.69) is 18.8 Å². The second-order valence-corrected chi connectivity index (χ2v) is 6.19. The molecule has 2 aromatic rings. The normalized spacial score (nSPS) is 11.1. The van der Waals surface area contributed by atoms with E-state index in [1.807, 2.05) is 48.3 Å². The Morgan fingerprint density at radius 3 is 2.45 bits per heavy atom. The second-order valence-electron chi connectivity index (χ2n) is 5.35. The van der Waals surface area contributed by atoms with Crippen LogP contribution in [0.15, 0.2) is 41.4 Å². The van der Waals surface area contributed by atoms with Crippen LogP contribution in [0.3, 0.4) is 0 Å². The summed E-state index contributed by atoms with van der Waals surface area (Å²) in [5.74, 6) is 0. The van der Waals surface area contributed by atoms with Crippen LogP contribution in [0, 0.1) is 6.92 Å². The first kappa shape index (κ1) is 16.9. The molecule has 0 fully saturated rings. The highest BCUT2D eigenvalue weighted by Gasteiger charge is 2.06. The third kappa shape index (κ3) is 4.49. The molecule has 0 spiro atoms. The zero-order chi connectivity index (χ0) is 16.1. The lowest BCUT2D eigenvalue weighted by molar-refractivity contribution is 0.552. The van der Waals surface area contributed by atoms with Crippen molar-refractivity contribution in [1.82, 2.24) is 4.90 Å². The molecule has 0 unspecified atom stereocenters. The molecule has 0 atom stereocenters. The fourth-order valence-corrected chi connectivity index (χ4v) is 2.42. The first-order valence-corrected chi connectivity index (χ1v) is 8.03. The van der Waals surface area contributed by atoms with Crippen molar-refractivity contribution in [3.8, 4) is 0 Å². The summed E-state index contributed by atoms with van der Waals surface area (Å²) in [4.78, 5) is 6.46. The Hall–Kier alpha value is -1.51. The van der Waals surface area contributed by atoms with Crippen LogP contribution in [0.2, 0.25) is 10.0 Å². The Bertz CT molecular complexity index is 664. The number of nitrogens with zero attached hydrogens (tertiary/aromatic N) is 2. The fourth-order valence-electron chi connectivity index (χ4n) is 2.06. The lowest BCUT2D eigenvalue weighted by Gasteiger charge is -2.11. The van der Waals surface area contributed by atoms with E-state index in [9.17, 15) is 0 Å². The number of hydrogen-bond acceptors (Lipinski definition) is 1. The summed E-state index contributed by atoms with van der Waals surface area (Å²) in [6, 6.07) is 11.9. The van der Waals surface area contributed by atoms with Crippen LogP contribution in [-0.2, 0) is 6.42 Å². The molecule has 2 aromatic carbocycles. The van der Waals surface area contributed by atoms with Crippen molar-refractivity contribution in [1.29, 1.82) is 0 Å². The minimum absolute atomic E-state index is 0.676. The highest BCUT2D eigenvalue weighted by atomic mass is 35.5. The average Bonchev–Trinajstić information content (AvgIpc) is 2.51. The predicted molar refractivity (Wildman–Crippen MR) is 96.9 cm³/mol. The summed E-state index contributed by atoms with van der Waals surface area (Å²) >= 11 is 12.3. The molecular formula is C18H20Cl2N2. The standard InChI is InChI=1S/C18H20Cl2N2/c1-4-22(3)12-21-18-9-13(2)15(11-17(18)20)10-14-5-7-16(19)8-6-14/h5-9,11-12H,4,10H2,1-3H3. The van der Waals surface area contributed by atoms with Crippen molar-refractivity contribution in [2.45, 2.75) is 20.3 Å². The topological polar surface area (TPSA) is 15.6 Å². The number of hydrogen-bond donors (Lipinski definition) is 0. The minimum atomic E-state index is 0.676. The van der Waals surface area contributed by atoms with Crippen molar-refractivity contribution >= 4 is 35.2 Å². The van der Waals surface area contributed by atoms with E-state index >= 15 is 0 Å². The van der Waals surface area contributed by atoms with Gasteiger partial charge in [-0.1, -0.05) is 35.3 Å². The number of aryl methyl sites for hydroxylation is 1. The average molecular weight is 335 g/mol. The van der Waals surface area contributed by atoms with Gasteiger partial charge < -0.3 is 4.90 Å². The zero-order valence-electron chi connectivity index (χ0n) is 13.1. The maximum Gasteiger partial charge on any atom is 0.0910 e. The van der Waals surface area contributed by atoms with Gasteiger partial charge in [0.05, 0.1) is 17.0 Å². The summed E-state index contributed by atoms with van der Waals surface area (Å²) < 4.78 is 0. The first-order chi connectivity index (χ1) is 10.5. The van der Waals surface area contributed by atoms with Crippen molar-refractivity contribution in [2.75, 3.05) is 13.6 Å². The highest BCUT2D eigenvalue weighted by Crippen LogP contribution is 2.29. The molecule has 0 amide bonds. The summed E-state index contributed by atoms with van der Waals surface area (Å²) in [5, 5.41) is 1.43. The van der Waals surface area contributed by atoms with Crippen LogP contribution >= 0.6 is 23.2 Å². The maximum atomic E-state index is 6.37. The van der Waals surface area contributed by atoms with Gasteiger partial charge in [0.25, 0.3) is 0 Å². The van der Waals surface area contributed by atoms with Gasteiger partial charge in [-0.25, -0.2) is 4.99 Å². The summed E-state index contributed by atoms with van der Waals surface area (Å²) in [6.45, 7) is 5.08. The van der Waals surface area contributed by atoms with Crippen molar-refractivity contribution in [3.63, 3.8) is 0 Å². The smallest absolute Gasteiger partial charge is 0.0910 e. The molecule has 0 N–H and O–H groups in total. The van der Waals surface area contributed by atoms with Gasteiger partial charge in [-0.15, -0.1) is 0 Å². The Labute approximate surface area is 142 Å². The largest absolute Gasteiger partial charge is 0.366 e. The fraction of sp³-hybridized carbons (Fsp3) is 0.278. The molecule has 22 heavy (non-hydrogen) atoms. The van der Waals surface area contributed by atoms with E-state index in [0.29, 0.717) is 5.02 Å². The van der Waals surface area contributed by atoms with E-state index < -0.39 is 0 Å². The molecule has 0 saturated carbocycles.